The van der Waals surface area contributed by atoms with Gasteiger partial charge in [0.25, 0.3) is 0 Å². The highest BCUT2D eigenvalue weighted by atomic mass is 14.9. The molecule has 86 valence electrons. The number of aryl methyl sites for hydroxylation is 1. The Kier molecular flexibility index (Phi) is 3.50. The third-order valence-electron chi connectivity index (χ3n) is 2.50. The van der Waals surface area contributed by atoms with Gasteiger partial charge in [-0.1, -0.05) is 25.1 Å². The maximum atomic E-state index is 5.96. The molecule has 0 radical (unpaired) electrons. The summed E-state index contributed by atoms with van der Waals surface area (Å²) in [6.07, 6.45) is 4.53. The molecule has 0 aliphatic heterocycles. The van der Waals surface area contributed by atoms with Crippen LogP contribution in [0.1, 0.15) is 18.1 Å². The Labute approximate surface area is 101 Å². The molecule has 2 N–H and O–H groups in total. The van der Waals surface area contributed by atoms with E-state index in [0.717, 1.165) is 23.2 Å². The van der Waals surface area contributed by atoms with Gasteiger partial charge in [-0.2, -0.15) is 0 Å². The highest BCUT2D eigenvalue weighted by Crippen LogP contribution is 2.12. The molecule has 3 nitrogen and oxygen atoms in total. The number of nitrogens with two attached hydrogens (primary N) is 1. The van der Waals surface area contributed by atoms with Crippen LogP contribution in [0.5, 0.6) is 0 Å². The molecular formula is C14H15N3. The summed E-state index contributed by atoms with van der Waals surface area (Å²) < 4.78 is 0. The first-order valence-electron chi connectivity index (χ1n) is 5.63. The van der Waals surface area contributed by atoms with E-state index in [-0.39, 0.29) is 0 Å². The Balaban J connectivity index is 2.30. The molecule has 1 aromatic carbocycles. The van der Waals surface area contributed by atoms with E-state index in [9.17, 15) is 0 Å². The van der Waals surface area contributed by atoms with Crippen LogP contribution < -0.4 is 5.73 Å². The van der Waals surface area contributed by atoms with Crippen molar-refractivity contribution in [2.24, 2.45) is 10.7 Å². The van der Waals surface area contributed by atoms with Gasteiger partial charge in [-0.3, -0.25) is 4.98 Å². The van der Waals surface area contributed by atoms with E-state index in [1.54, 1.807) is 6.20 Å². The summed E-state index contributed by atoms with van der Waals surface area (Å²) >= 11 is 0. The first kappa shape index (κ1) is 11.3. The Morgan fingerprint density at radius 2 is 2.00 bits per heavy atom. The minimum Gasteiger partial charge on any atom is -0.383 e. The lowest BCUT2D eigenvalue weighted by atomic mass is 10.1. The number of aliphatic imine (C=N–C) groups is 1. The van der Waals surface area contributed by atoms with Gasteiger partial charge in [0.1, 0.15) is 5.84 Å². The van der Waals surface area contributed by atoms with Gasteiger partial charge in [0.05, 0.1) is 5.69 Å². The molecular weight excluding hydrogens is 210 g/mol. The fourth-order valence-corrected chi connectivity index (χ4v) is 1.53. The minimum absolute atomic E-state index is 0.499. The maximum absolute atomic E-state index is 5.96. The van der Waals surface area contributed by atoms with E-state index in [4.69, 9.17) is 5.73 Å². The van der Waals surface area contributed by atoms with E-state index in [0.29, 0.717) is 5.84 Å². The molecule has 0 aliphatic carbocycles. The molecule has 0 unspecified atom stereocenters. The van der Waals surface area contributed by atoms with Crippen LogP contribution in [-0.4, -0.2) is 10.8 Å². The predicted octanol–water partition coefficient (Wildman–Crippen LogP) is 2.68. The van der Waals surface area contributed by atoms with Crippen molar-refractivity contribution < 1.29 is 0 Å². The fourth-order valence-electron chi connectivity index (χ4n) is 1.53. The highest BCUT2D eigenvalue weighted by Gasteiger charge is 2.00. The van der Waals surface area contributed by atoms with Crippen LogP contribution in [0.4, 0.5) is 5.69 Å². The molecule has 0 saturated carbocycles. The van der Waals surface area contributed by atoms with Crippen molar-refractivity contribution in [3.63, 3.8) is 0 Å². The third kappa shape index (κ3) is 2.91. The van der Waals surface area contributed by atoms with Crippen LogP contribution in [0.25, 0.3) is 0 Å². The Morgan fingerprint density at radius 3 is 2.71 bits per heavy atom. The van der Waals surface area contributed by atoms with Crippen molar-refractivity contribution in [3.8, 4) is 0 Å². The van der Waals surface area contributed by atoms with Crippen molar-refractivity contribution >= 4 is 11.5 Å². The van der Waals surface area contributed by atoms with Crippen LogP contribution in [0.15, 0.2) is 53.8 Å². The summed E-state index contributed by atoms with van der Waals surface area (Å²) in [6.45, 7) is 2.09. The third-order valence-corrected chi connectivity index (χ3v) is 2.50. The average Bonchev–Trinajstić information content (AvgIpc) is 2.40. The molecule has 17 heavy (non-hydrogen) atoms. The molecule has 0 aliphatic rings. The van der Waals surface area contributed by atoms with Crippen molar-refractivity contribution in [2.75, 3.05) is 0 Å². The summed E-state index contributed by atoms with van der Waals surface area (Å²) in [6, 6.07) is 11.7. The average molecular weight is 225 g/mol. The van der Waals surface area contributed by atoms with Crippen LogP contribution in [0.3, 0.4) is 0 Å². The van der Waals surface area contributed by atoms with E-state index in [1.165, 1.54) is 0 Å². The number of para-hydroxylation sites is 1. The molecule has 1 aromatic heterocycles. The van der Waals surface area contributed by atoms with Gasteiger partial charge in [0.15, 0.2) is 0 Å². The molecule has 0 atom stereocenters. The summed E-state index contributed by atoms with van der Waals surface area (Å²) in [5, 5.41) is 0. The number of hydrogen-bond acceptors (Lipinski definition) is 2. The van der Waals surface area contributed by atoms with Crippen LogP contribution in [0.2, 0.25) is 0 Å². The zero-order valence-corrected chi connectivity index (χ0v) is 9.80. The number of hydrogen-bond donors (Lipinski definition) is 1. The van der Waals surface area contributed by atoms with Gasteiger partial charge >= 0.3 is 0 Å². The van der Waals surface area contributed by atoms with Gasteiger partial charge in [-0.05, 0) is 30.2 Å². The number of aromatic nitrogens is 1. The van der Waals surface area contributed by atoms with Gasteiger partial charge in [-0.15, -0.1) is 0 Å². The predicted molar refractivity (Wildman–Crippen MR) is 70.4 cm³/mol. The van der Waals surface area contributed by atoms with Crippen LogP contribution in [-0.2, 0) is 6.42 Å². The highest BCUT2D eigenvalue weighted by molar-refractivity contribution is 5.98. The van der Waals surface area contributed by atoms with E-state index >= 15 is 0 Å². The number of benzene rings is 1. The SMILES string of the molecule is CCc1cncc(C(N)=Nc2ccccc2)c1. The number of rotatable bonds is 3. The minimum atomic E-state index is 0.499. The van der Waals surface area contributed by atoms with Crippen LogP contribution >= 0.6 is 0 Å². The molecule has 0 amide bonds. The quantitative estimate of drug-likeness (QED) is 0.645. The second-order valence-electron chi connectivity index (χ2n) is 3.77. The van der Waals surface area contributed by atoms with Gasteiger partial charge in [0, 0.05) is 18.0 Å². The number of amidine groups is 1. The topological polar surface area (TPSA) is 51.3 Å². The van der Waals surface area contributed by atoms with E-state index < -0.39 is 0 Å². The molecule has 3 heteroatoms. The second kappa shape index (κ2) is 5.25. The molecule has 0 spiro atoms. The van der Waals surface area contributed by atoms with Crippen molar-refractivity contribution in [3.05, 3.63) is 59.9 Å². The lowest BCUT2D eigenvalue weighted by Gasteiger charge is -2.02. The second-order valence-corrected chi connectivity index (χ2v) is 3.77. The first-order chi connectivity index (χ1) is 8.29. The summed E-state index contributed by atoms with van der Waals surface area (Å²) in [4.78, 5) is 8.52. The Morgan fingerprint density at radius 1 is 1.24 bits per heavy atom. The van der Waals surface area contributed by atoms with E-state index in [1.807, 2.05) is 42.6 Å². The summed E-state index contributed by atoms with van der Waals surface area (Å²) in [5.41, 5.74) is 8.84. The van der Waals surface area contributed by atoms with Crippen molar-refractivity contribution in [1.29, 1.82) is 0 Å². The molecule has 2 aromatic rings. The molecule has 2 rings (SSSR count). The molecule has 1 heterocycles. The Bertz CT molecular complexity index is 518. The van der Waals surface area contributed by atoms with Gasteiger partial charge in [-0.25, -0.2) is 4.99 Å². The van der Waals surface area contributed by atoms with E-state index in [2.05, 4.69) is 16.9 Å². The number of pyridine rings is 1. The number of nitrogens with zero attached hydrogens (tertiary/aromatic N) is 2. The summed E-state index contributed by atoms with van der Waals surface area (Å²) in [7, 11) is 0. The standard InChI is InChI=1S/C14H15N3/c1-2-11-8-12(10-16-9-11)14(15)17-13-6-4-3-5-7-13/h3-10H,2H2,1H3,(H2,15,17). The molecule has 0 fully saturated rings. The zero-order chi connectivity index (χ0) is 12.1. The molecule has 0 saturated heterocycles. The lowest BCUT2D eigenvalue weighted by molar-refractivity contribution is 1.10. The van der Waals surface area contributed by atoms with Gasteiger partial charge < -0.3 is 5.73 Å². The zero-order valence-electron chi connectivity index (χ0n) is 9.80. The van der Waals surface area contributed by atoms with Crippen LogP contribution in [0, 0.1) is 0 Å². The largest absolute Gasteiger partial charge is 0.383 e. The van der Waals surface area contributed by atoms with Crippen molar-refractivity contribution in [1.82, 2.24) is 4.98 Å². The molecule has 0 bridgehead atoms. The Hall–Kier alpha value is -2.16. The fraction of sp³-hybridized carbons (Fsp3) is 0.143. The smallest absolute Gasteiger partial charge is 0.132 e. The van der Waals surface area contributed by atoms with Gasteiger partial charge in [0.2, 0.25) is 0 Å². The lowest BCUT2D eigenvalue weighted by Crippen LogP contribution is -2.13. The first-order valence-corrected chi connectivity index (χ1v) is 5.63. The normalized spacial score (nSPS) is 11.5. The summed E-state index contributed by atoms with van der Waals surface area (Å²) in [5.74, 6) is 0.499. The monoisotopic (exact) mass is 225 g/mol. The maximum Gasteiger partial charge on any atom is 0.132 e. The van der Waals surface area contributed by atoms with Crippen molar-refractivity contribution in [2.45, 2.75) is 13.3 Å².